The number of hydrogen-bond donors (Lipinski definition) is 0. The van der Waals surface area contributed by atoms with Crippen LogP contribution in [0, 0.1) is 29.1 Å². The molecule has 0 fully saturated rings. The molecule has 0 aromatic heterocycles. The molecule has 0 aliphatic heterocycles. The van der Waals surface area contributed by atoms with Gasteiger partial charge in [0.15, 0.2) is 0 Å². The lowest BCUT2D eigenvalue weighted by Crippen LogP contribution is -2.16. The van der Waals surface area contributed by atoms with Crippen molar-refractivity contribution in [2.45, 2.75) is 116 Å². The number of carbonyl (C=O) groups excluding carboxylic acids is 1. The van der Waals surface area contributed by atoms with Gasteiger partial charge in [-0.1, -0.05) is 103 Å². The predicted molar refractivity (Wildman–Crippen MR) is 203 cm³/mol. The first kappa shape index (κ1) is 52.0. The van der Waals surface area contributed by atoms with E-state index < -0.39 is 47.2 Å². The van der Waals surface area contributed by atoms with E-state index in [0.29, 0.717) is 72.7 Å². The zero-order valence-electron chi connectivity index (χ0n) is 33.8. The lowest BCUT2D eigenvalue weighted by molar-refractivity contribution is -0.136. The Morgan fingerprint density at radius 3 is 0.911 bits per heavy atom. The molecule has 0 saturated carbocycles. The Hall–Kier alpha value is -1.98. The van der Waals surface area contributed by atoms with Crippen LogP contribution in [0.25, 0.3) is 0 Å². The predicted octanol–water partition coefficient (Wildman–Crippen LogP) is 9.07. The summed E-state index contributed by atoms with van der Waals surface area (Å²) >= 11 is 0. The van der Waals surface area contributed by atoms with Gasteiger partial charge in [0.25, 0.3) is 0 Å². The van der Waals surface area contributed by atoms with Gasteiger partial charge < -0.3 is 42.6 Å². The first-order valence-corrected chi connectivity index (χ1v) is 20.7. The number of rotatable bonds is 42. The van der Waals surface area contributed by atoms with Gasteiger partial charge in [-0.25, -0.2) is 13.2 Å². The Kier molecular flexibility index (Phi) is 35.8. The molecule has 10 nitrogen and oxygen atoms in total. The van der Waals surface area contributed by atoms with E-state index in [1.54, 1.807) is 0 Å². The third-order valence-electron chi connectivity index (χ3n) is 8.58. The molecule has 0 radical (unpaired) electrons. The molecule has 0 bridgehead atoms. The number of ether oxygens (including phenoxy) is 9. The van der Waals surface area contributed by atoms with Crippen LogP contribution in [0.15, 0.2) is 0 Å². The number of unbranched alkanes of at least 4 members (excludes halogenated alkanes) is 15. The van der Waals surface area contributed by atoms with Gasteiger partial charge in [-0.2, -0.15) is 8.78 Å². The topological polar surface area (TPSA) is 100 Å². The molecule has 0 heterocycles. The van der Waals surface area contributed by atoms with Gasteiger partial charge >= 0.3 is 5.97 Å². The van der Waals surface area contributed by atoms with Crippen molar-refractivity contribution in [3.63, 3.8) is 0 Å². The fourth-order valence-corrected chi connectivity index (χ4v) is 5.39. The largest absolute Gasteiger partial charge is 0.420 e. The Labute approximate surface area is 331 Å². The maximum atomic E-state index is 13.6. The normalized spacial score (nSPS) is 11.5. The molecule has 0 atom stereocenters. The zero-order chi connectivity index (χ0) is 40.7. The van der Waals surface area contributed by atoms with Crippen LogP contribution >= 0.6 is 0 Å². The second-order valence-corrected chi connectivity index (χ2v) is 13.3. The van der Waals surface area contributed by atoms with Gasteiger partial charge in [0, 0.05) is 6.61 Å². The SMILES string of the molecule is CCCCCCCCCCCCCCCCCCOCCOCCOCCOCCOCCOCCOCCOCCC(=O)Oc1c(F)c(F)c(F)c(F)c1F. The highest BCUT2D eigenvalue weighted by atomic mass is 19.2. The molecule has 15 heteroatoms. The zero-order valence-corrected chi connectivity index (χ0v) is 33.8. The van der Waals surface area contributed by atoms with E-state index in [-0.39, 0.29) is 26.4 Å². The van der Waals surface area contributed by atoms with Crippen LogP contribution in [0.2, 0.25) is 0 Å². The maximum Gasteiger partial charge on any atom is 0.313 e. The van der Waals surface area contributed by atoms with Gasteiger partial charge in [0.1, 0.15) is 0 Å². The summed E-state index contributed by atoms with van der Waals surface area (Å²) in [5.41, 5.74) is 0. The molecule has 0 amide bonds. The molecular formula is C41H69F5O10. The number of esters is 1. The van der Waals surface area contributed by atoms with Crippen LogP contribution in [0.1, 0.15) is 116 Å². The summed E-state index contributed by atoms with van der Waals surface area (Å²) in [6.45, 7) is 8.51. The fraction of sp³-hybridized carbons (Fsp3) is 0.829. The summed E-state index contributed by atoms with van der Waals surface area (Å²) in [5.74, 6) is -14.1. The summed E-state index contributed by atoms with van der Waals surface area (Å²) in [6, 6.07) is 0. The van der Waals surface area contributed by atoms with Crippen LogP contribution in [0.3, 0.4) is 0 Å². The van der Waals surface area contributed by atoms with Gasteiger partial charge in [0.05, 0.1) is 106 Å². The Balaban J connectivity index is 1.70. The number of benzene rings is 1. The average molecular weight is 817 g/mol. The number of carbonyl (C=O) groups is 1. The summed E-state index contributed by atoms with van der Waals surface area (Å²) < 4.78 is 114. The van der Waals surface area contributed by atoms with Crippen LogP contribution in [0.5, 0.6) is 5.75 Å². The van der Waals surface area contributed by atoms with Crippen molar-refractivity contribution in [1.29, 1.82) is 0 Å². The highest BCUT2D eigenvalue weighted by molar-refractivity contribution is 5.72. The molecular weight excluding hydrogens is 747 g/mol. The molecule has 0 aliphatic carbocycles. The van der Waals surface area contributed by atoms with E-state index in [1.165, 1.54) is 96.3 Å². The van der Waals surface area contributed by atoms with Gasteiger partial charge in [0.2, 0.25) is 34.8 Å². The molecule has 0 aliphatic rings. The molecule has 0 unspecified atom stereocenters. The minimum absolute atomic E-state index is 0.0901. The molecule has 1 aromatic carbocycles. The fourth-order valence-electron chi connectivity index (χ4n) is 5.39. The molecule has 0 saturated heterocycles. The minimum Gasteiger partial charge on any atom is -0.420 e. The van der Waals surface area contributed by atoms with Crippen molar-refractivity contribution in [1.82, 2.24) is 0 Å². The second kappa shape index (κ2) is 38.5. The van der Waals surface area contributed by atoms with E-state index >= 15 is 0 Å². The molecule has 0 spiro atoms. The lowest BCUT2D eigenvalue weighted by Gasteiger charge is -2.09. The Bertz CT molecular complexity index is 1040. The molecule has 0 N–H and O–H groups in total. The van der Waals surface area contributed by atoms with Gasteiger partial charge in [-0.3, -0.25) is 4.79 Å². The highest BCUT2D eigenvalue weighted by Gasteiger charge is 2.28. The van der Waals surface area contributed by atoms with E-state index in [4.69, 9.17) is 37.9 Å². The van der Waals surface area contributed by atoms with Crippen molar-refractivity contribution in [3.8, 4) is 5.75 Å². The first-order chi connectivity index (χ1) is 27.4. The van der Waals surface area contributed by atoms with Gasteiger partial charge in [-0.05, 0) is 6.42 Å². The maximum absolute atomic E-state index is 13.6. The van der Waals surface area contributed by atoms with Crippen molar-refractivity contribution >= 4 is 5.97 Å². The standard InChI is InChI=1S/C41H69F5O10/c1-2-3-4-5-6-7-8-9-10-11-12-13-14-15-16-17-19-48-21-23-50-25-27-52-29-31-54-33-34-55-32-30-53-28-26-51-24-22-49-20-18-35(47)56-41-39(45)37(43)36(42)38(44)40(41)46/h2-34H2,1H3. The van der Waals surface area contributed by atoms with Crippen molar-refractivity contribution in [3.05, 3.63) is 29.1 Å². The Morgan fingerprint density at radius 1 is 0.339 bits per heavy atom. The van der Waals surface area contributed by atoms with Crippen LogP contribution in [-0.4, -0.2) is 112 Å². The van der Waals surface area contributed by atoms with Crippen LogP contribution < -0.4 is 4.74 Å². The van der Waals surface area contributed by atoms with E-state index in [9.17, 15) is 26.7 Å². The first-order valence-electron chi connectivity index (χ1n) is 20.7. The monoisotopic (exact) mass is 816 g/mol. The number of hydrogen-bond acceptors (Lipinski definition) is 10. The third-order valence-corrected chi connectivity index (χ3v) is 8.58. The summed E-state index contributed by atoms with van der Waals surface area (Å²) in [7, 11) is 0. The average Bonchev–Trinajstić information content (AvgIpc) is 3.20. The molecule has 1 rings (SSSR count). The highest BCUT2D eigenvalue weighted by Crippen LogP contribution is 2.29. The van der Waals surface area contributed by atoms with Crippen LogP contribution in [0.4, 0.5) is 22.0 Å². The molecule has 328 valence electrons. The van der Waals surface area contributed by atoms with Crippen LogP contribution in [-0.2, 0) is 42.7 Å². The lowest BCUT2D eigenvalue weighted by atomic mass is 10.0. The van der Waals surface area contributed by atoms with Crippen molar-refractivity contribution in [2.24, 2.45) is 0 Å². The minimum atomic E-state index is -2.34. The number of halogens is 5. The van der Waals surface area contributed by atoms with E-state index in [1.807, 2.05) is 0 Å². The third kappa shape index (κ3) is 29.3. The second-order valence-electron chi connectivity index (χ2n) is 13.3. The Morgan fingerprint density at radius 2 is 0.589 bits per heavy atom. The quantitative estimate of drug-likeness (QED) is 0.0159. The summed E-state index contributed by atoms with van der Waals surface area (Å²) in [4.78, 5) is 11.7. The van der Waals surface area contributed by atoms with Crippen molar-refractivity contribution in [2.75, 3.05) is 106 Å². The summed E-state index contributed by atoms with van der Waals surface area (Å²) in [5, 5.41) is 0. The molecule has 56 heavy (non-hydrogen) atoms. The smallest absolute Gasteiger partial charge is 0.313 e. The van der Waals surface area contributed by atoms with E-state index in [2.05, 4.69) is 11.7 Å². The van der Waals surface area contributed by atoms with Gasteiger partial charge in [-0.15, -0.1) is 0 Å². The van der Waals surface area contributed by atoms with E-state index in [0.717, 1.165) is 13.0 Å². The molecule has 1 aromatic rings. The van der Waals surface area contributed by atoms with Crippen molar-refractivity contribution < 1.29 is 69.4 Å². The summed E-state index contributed by atoms with van der Waals surface area (Å²) in [6.07, 6.45) is 21.4.